The predicted molar refractivity (Wildman–Crippen MR) is 103 cm³/mol. The van der Waals surface area contributed by atoms with Gasteiger partial charge in [0.2, 0.25) is 5.91 Å². The molecular weight excluding hydrogens is 368 g/mol. The Kier molecular flexibility index (Phi) is 7.31. The predicted octanol–water partition coefficient (Wildman–Crippen LogP) is 3.21. The second-order valence-corrected chi connectivity index (χ2v) is 6.35. The van der Waals surface area contributed by atoms with E-state index in [0.717, 1.165) is 28.4 Å². The van der Waals surface area contributed by atoms with Crippen molar-refractivity contribution in [3.05, 3.63) is 58.7 Å². The Labute approximate surface area is 162 Å². The summed E-state index contributed by atoms with van der Waals surface area (Å²) in [5.41, 5.74) is 3.72. The van der Waals surface area contributed by atoms with Crippen molar-refractivity contribution in [3.8, 4) is 5.75 Å². The molecule has 0 saturated carbocycles. The number of carbonyl (C=O) groups excluding carboxylic acids is 2. The molecule has 150 valence electrons. The first-order valence-electron chi connectivity index (χ1n) is 8.73. The molecular formula is C20H23F2N3O3. The molecule has 0 aliphatic carbocycles. The number of carbonyl (C=O) groups is 2. The third-order valence-corrected chi connectivity index (χ3v) is 3.89. The van der Waals surface area contributed by atoms with Crippen LogP contribution < -0.4 is 20.7 Å². The topological polar surface area (TPSA) is 79.5 Å². The zero-order valence-corrected chi connectivity index (χ0v) is 16.0. The SMILES string of the molecule is Cc1cc(C)c(NC(=O)CNC(=O)NCCOc2ccc(F)cc2F)c(C)c1. The number of nitrogens with one attached hydrogen (secondary N) is 3. The fraction of sp³-hybridized carbons (Fsp3) is 0.300. The molecule has 2 aromatic rings. The average molecular weight is 391 g/mol. The number of ether oxygens (including phenoxy) is 1. The summed E-state index contributed by atoms with van der Waals surface area (Å²) in [5, 5.41) is 7.69. The molecule has 3 amide bonds. The van der Waals surface area contributed by atoms with E-state index in [1.807, 2.05) is 32.9 Å². The lowest BCUT2D eigenvalue weighted by atomic mass is 10.1. The monoisotopic (exact) mass is 391 g/mol. The van der Waals surface area contributed by atoms with Gasteiger partial charge in [-0.2, -0.15) is 0 Å². The van der Waals surface area contributed by atoms with Crippen LogP contribution in [0, 0.1) is 32.4 Å². The van der Waals surface area contributed by atoms with Crippen LogP contribution in [0.2, 0.25) is 0 Å². The first-order valence-corrected chi connectivity index (χ1v) is 8.73. The minimum atomic E-state index is -0.817. The second-order valence-electron chi connectivity index (χ2n) is 6.35. The molecule has 3 N–H and O–H groups in total. The molecule has 0 aromatic heterocycles. The van der Waals surface area contributed by atoms with Crippen LogP contribution >= 0.6 is 0 Å². The van der Waals surface area contributed by atoms with Crippen molar-refractivity contribution < 1.29 is 23.1 Å². The molecule has 0 bridgehead atoms. The van der Waals surface area contributed by atoms with E-state index in [1.54, 1.807) is 0 Å². The minimum absolute atomic E-state index is 0.01000. The summed E-state index contributed by atoms with van der Waals surface area (Å²) >= 11 is 0. The van der Waals surface area contributed by atoms with Crippen molar-refractivity contribution in [1.29, 1.82) is 0 Å². The van der Waals surface area contributed by atoms with Crippen molar-refractivity contribution >= 4 is 17.6 Å². The van der Waals surface area contributed by atoms with Gasteiger partial charge in [0.25, 0.3) is 0 Å². The fourth-order valence-corrected chi connectivity index (χ4v) is 2.70. The van der Waals surface area contributed by atoms with Gasteiger partial charge in [0, 0.05) is 11.8 Å². The van der Waals surface area contributed by atoms with Crippen molar-refractivity contribution in [1.82, 2.24) is 10.6 Å². The number of rotatable bonds is 7. The summed E-state index contributed by atoms with van der Waals surface area (Å²) < 4.78 is 31.3. The molecule has 0 atom stereocenters. The van der Waals surface area contributed by atoms with Gasteiger partial charge in [0.05, 0.1) is 13.1 Å². The Hall–Kier alpha value is -3.16. The van der Waals surface area contributed by atoms with E-state index in [9.17, 15) is 18.4 Å². The zero-order valence-electron chi connectivity index (χ0n) is 16.0. The van der Waals surface area contributed by atoms with E-state index in [2.05, 4.69) is 16.0 Å². The fourth-order valence-electron chi connectivity index (χ4n) is 2.70. The van der Waals surface area contributed by atoms with Gasteiger partial charge < -0.3 is 20.7 Å². The van der Waals surface area contributed by atoms with Crippen LogP contribution in [0.5, 0.6) is 5.75 Å². The lowest BCUT2D eigenvalue weighted by Gasteiger charge is -2.13. The zero-order chi connectivity index (χ0) is 20.7. The Bertz CT molecular complexity index is 849. The highest BCUT2D eigenvalue weighted by molar-refractivity contribution is 5.95. The van der Waals surface area contributed by atoms with Gasteiger partial charge in [-0.25, -0.2) is 13.6 Å². The molecule has 28 heavy (non-hydrogen) atoms. The highest BCUT2D eigenvalue weighted by Gasteiger charge is 2.10. The maximum absolute atomic E-state index is 13.4. The molecule has 0 unspecified atom stereocenters. The van der Waals surface area contributed by atoms with E-state index in [-0.39, 0.29) is 31.4 Å². The summed E-state index contributed by atoms with van der Waals surface area (Å²) in [6.45, 7) is 5.65. The first-order chi connectivity index (χ1) is 13.3. The third-order valence-electron chi connectivity index (χ3n) is 3.89. The summed E-state index contributed by atoms with van der Waals surface area (Å²) in [6.07, 6.45) is 0. The van der Waals surface area contributed by atoms with E-state index in [1.165, 1.54) is 6.07 Å². The molecule has 0 spiro atoms. The Morgan fingerprint density at radius 1 is 1.00 bits per heavy atom. The maximum Gasteiger partial charge on any atom is 0.315 e. The van der Waals surface area contributed by atoms with Gasteiger partial charge in [-0.1, -0.05) is 17.7 Å². The van der Waals surface area contributed by atoms with Crippen LogP contribution in [0.15, 0.2) is 30.3 Å². The molecule has 0 aliphatic rings. The van der Waals surface area contributed by atoms with E-state index in [0.29, 0.717) is 6.07 Å². The molecule has 2 aromatic carbocycles. The number of urea groups is 1. The molecule has 0 aliphatic heterocycles. The Morgan fingerprint density at radius 3 is 2.32 bits per heavy atom. The van der Waals surface area contributed by atoms with Crippen LogP contribution in [-0.2, 0) is 4.79 Å². The lowest BCUT2D eigenvalue weighted by Crippen LogP contribution is -2.41. The molecule has 6 nitrogen and oxygen atoms in total. The minimum Gasteiger partial charge on any atom is -0.489 e. The second kappa shape index (κ2) is 9.68. The number of hydrogen-bond acceptors (Lipinski definition) is 3. The maximum atomic E-state index is 13.4. The number of hydrogen-bond donors (Lipinski definition) is 3. The van der Waals surface area contributed by atoms with Crippen LogP contribution in [-0.4, -0.2) is 31.6 Å². The van der Waals surface area contributed by atoms with E-state index in [4.69, 9.17) is 4.74 Å². The third kappa shape index (κ3) is 6.22. The van der Waals surface area contributed by atoms with E-state index >= 15 is 0 Å². The highest BCUT2D eigenvalue weighted by atomic mass is 19.1. The average Bonchev–Trinajstić information content (AvgIpc) is 2.61. The van der Waals surface area contributed by atoms with Crippen LogP contribution in [0.4, 0.5) is 19.3 Å². The smallest absolute Gasteiger partial charge is 0.315 e. The summed E-state index contributed by atoms with van der Waals surface area (Å²) in [4.78, 5) is 23.8. The van der Waals surface area contributed by atoms with Gasteiger partial charge in [-0.15, -0.1) is 0 Å². The quantitative estimate of drug-likeness (QED) is 0.634. The molecule has 2 rings (SSSR count). The normalized spacial score (nSPS) is 10.3. The number of anilines is 1. The Morgan fingerprint density at radius 2 is 1.68 bits per heavy atom. The first kappa shape index (κ1) is 21.1. The van der Waals surface area contributed by atoms with Crippen molar-refractivity contribution in [3.63, 3.8) is 0 Å². The van der Waals surface area contributed by atoms with Gasteiger partial charge >= 0.3 is 6.03 Å². The molecule has 0 heterocycles. The lowest BCUT2D eigenvalue weighted by molar-refractivity contribution is -0.115. The summed E-state index contributed by atoms with van der Waals surface area (Å²) in [7, 11) is 0. The van der Waals surface area contributed by atoms with Crippen molar-refractivity contribution in [2.24, 2.45) is 0 Å². The van der Waals surface area contributed by atoms with Crippen LogP contribution in [0.1, 0.15) is 16.7 Å². The summed E-state index contributed by atoms with van der Waals surface area (Å²) in [5.74, 6) is -1.97. The van der Waals surface area contributed by atoms with Crippen LogP contribution in [0.3, 0.4) is 0 Å². The summed E-state index contributed by atoms with van der Waals surface area (Å²) in [6, 6.07) is 6.33. The number of halogens is 2. The molecule has 0 saturated heterocycles. The Balaban J connectivity index is 1.70. The van der Waals surface area contributed by atoms with Crippen molar-refractivity contribution in [2.75, 3.05) is 25.0 Å². The largest absolute Gasteiger partial charge is 0.489 e. The number of aryl methyl sites for hydroxylation is 3. The van der Waals surface area contributed by atoms with Gasteiger partial charge in [0.15, 0.2) is 11.6 Å². The number of benzene rings is 2. The molecule has 0 radical (unpaired) electrons. The standard InChI is InChI=1S/C20H23F2N3O3/c1-12-8-13(2)19(14(3)9-12)25-18(26)11-24-20(27)23-6-7-28-17-5-4-15(21)10-16(17)22/h4-5,8-10H,6-7,11H2,1-3H3,(H,25,26)(H2,23,24,27). The number of amides is 3. The molecule has 0 fully saturated rings. The van der Waals surface area contributed by atoms with Crippen molar-refractivity contribution in [2.45, 2.75) is 20.8 Å². The van der Waals surface area contributed by atoms with Gasteiger partial charge in [-0.05, 0) is 44.0 Å². The molecule has 8 heteroatoms. The van der Waals surface area contributed by atoms with Gasteiger partial charge in [0.1, 0.15) is 12.4 Å². The van der Waals surface area contributed by atoms with Crippen LogP contribution in [0.25, 0.3) is 0 Å². The highest BCUT2D eigenvalue weighted by Crippen LogP contribution is 2.21. The van der Waals surface area contributed by atoms with Gasteiger partial charge in [-0.3, -0.25) is 4.79 Å². The van der Waals surface area contributed by atoms with E-state index < -0.39 is 17.7 Å².